The van der Waals surface area contributed by atoms with E-state index >= 15 is 0 Å². The number of rotatable bonds is 7. The molecule has 1 heterocycles. The van der Waals surface area contributed by atoms with Crippen LogP contribution < -0.4 is 10.1 Å². The molecule has 146 valence electrons. The number of amides is 1. The summed E-state index contributed by atoms with van der Waals surface area (Å²) in [6.07, 6.45) is 3.09. The summed E-state index contributed by atoms with van der Waals surface area (Å²) in [5, 5.41) is 2.94. The number of nitrogens with zero attached hydrogens (tertiary/aromatic N) is 1. The Morgan fingerprint density at radius 2 is 1.85 bits per heavy atom. The molecule has 0 atom stereocenters. The van der Waals surface area contributed by atoms with Crippen molar-refractivity contribution in [3.8, 4) is 5.75 Å². The molecule has 1 N–H and O–H groups in total. The molecule has 0 spiro atoms. The van der Waals surface area contributed by atoms with Crippen LogP contribution in [0.5, 0.6) is 5.75 Å². The predicted molar refractivity (Wildman–Crippen MR) is 102 cm³/mol. The Balaban J connectivity index is 2.09. The van der Waals surface area contributed by atoms with Crippen LogP contribution in [0.3, 0.4) is 0 Å². The number of nitrogens with one attached hydrogen (secondary N) is 1. The molecule has 6 nitrogen and oxygen atoms in total. The number of sulfonamides is 1. The summed E-state index contributed by atoms with van der Waals surface area (Å²) in [4.78, 5) is 12.4. The summed E-state index contributed by atoms with van der Waals surface area (Å²) in [5.41, 5.74) is 1.90. The molecule has 26 heavy (non-hydrogen) atoms. The average Bonchev–Trinajstić information content (AvgIpc) is 2.63. The van der Waals surface area contributed by atoms with E-state index in [1.807, 2.05) is 13.8 Å². The number of unbranched alkanes of at least 4 members (excludes halogenated alkanes) is 1. The van der Waals surface area contributed by atoms with E-state index in [1.54, 1.807) is 12.1 Å². The molecule has 2 rings (SSSR count). The number of benzene rings is 1. The van der Waals surface area contributed by atoms with Crippen molar-refractivity contribution >= 4 is 15.9 Å². The van der Waals surface area contributed by atoms with Crippen LogP contribution in [0.1, 0.15) is 43.7 Å². The van der Waals surface area contributed by atoms with Crippen LogP contribution in [0.4, 0.5) is 0 Å². The molecule has 0 bridgehead atoms. The van der Waals surface area contributed by atoms with E-state index in [9.17, 15) is 13.2 Å². The number of carbonyl (C=O) groups is 1. The second-order valence-electron chi connectivity index (χ2n) is 6.91. The third-order valence-electron chi connectivity index (χ3n) is 5.05. The molecule has 1 amide bonds. The monoisotopic (exact) mass is 382 g/mol. The lowest BCUT2D eigenvalue weighted by Gasteiger charge is -2.31. The lowest BCUT2D eigenvalue weighted by molar-refractivity contribution is -0.126. The van der Waals surface area contributed by atoms with E-state index in [-0.39, 0.29) is 16.7 Å². The van der Waals surface area contributed by atoms with Crippen LogP contribution in [-0.4, -0.2) is 45.4 Å². The van der Waals surface area contributed by atoms with Crippen LogP contribution in [0.15, 0.2) is 17.0 Å². The van der Waals surface area contributed by atoms with Gasteiger partial charge < -0.3 is 10.1 Å². The average molecular weight is 383 g/mol. The maximum Gasteiger partial charge on any atom is 0.246 e. The van der Waals surface area contributed by atoms with Crippen molar-refractivity contribution < 1.29 is 17.9 Å². The Kier molecular flexibility index (Phi) is 7.06. The van der Waals surface area contributed by atoms with Crippen molar-refractivity contribution in [3.05, 3.63) is 23.3 Å². The van der Waals surface area contributed by atoms with Gasteiger partial charge in [0.1, 0.15) is 10.6 Å². The van der Waals surface area contributed by atoms with Crippen LogP contribution >= 0.6 is 0 Å². The van der Waals surface area contributed by atoms with Crippen molar-refractivity contribution in [3.63, 3.8) is 0 Å². The fraction of sp³-hybridized carbons (Fsp3) is 0.632. The Morgan fingerprint density at radius 3 is 2.42 bits per heavy atom. The number of aryl methyl sites for hydroxylation is 2. The highest BCUT2D eigenvalue weighted by molar-refractivity contribution is 7.89. The number of methoxy groups -OCH3 is 1. The SMILES string of the molecule is CCCCNC(=O)C1CCN(S(=O)(=O)c2cc(C)c(C)cc2OC)CC1. The van der Waals surface area contributed by atoms with E-state index in [0.29, 0.717) is 38.2 Å². The lowest BCUT2D eigenvalue weighted by atomic mass is 9.97. The van der Waals surface area contributed by atoms with Gasteiger partial charge in [-0.1, -0.05) is 13.3 Å². The van der Waals surface area contributed by atoms with Crippen molar-refractivity contribution in [2.45, 2.75) is 51.3 Å². The topological polar surface area (TPSA) is 75.7 Å². The van der Waals surface area contributed by atoms with Gasteiger partial charge in [0.05, 0.1) is 7.11 Å². The van der Waals surface area contributed by atoms with Crippen molar-refractivity contribution in [1.29, 1.82) is 0 Å². The number of carbonyl (C=O) groups excluding carboxylic acids is 1. The van der Waals surface area contributed by atoms with Gasteiger partial charge in [-0.05, 0) is 56.4 Å². The second-order valence-corrected chi connectivity index (χ2v) is 8.82. The Labute approximate surface area is 157 Å². The van der Waals surface area contributed by atoms with Gasteiger partial charge in [0.15, 0.2) is 0 Å². The molecule has 1 saturated heterocycles. The molecule has 0 radical (unpaired) electrons. The molecule has 0 unspecified atom stereocenters. The fourth-order valence-electron chi connectivity index (χ4n) is 3.15. The van der Waals surface area contributed by atoms with Crippen molar-refractivity contribution in [2.24, 2.45) is 5.92 Å². The standard InChI is InChI=1S/C19H30N2O4S/c1-5-6-9-20-19(22)16-7-10-21(11-8-16)26(23,24)18-13-15(3)14(2)12-17(18)25-4/h12-13,16H,5-11H2,1-4H3,(H,20,22). The quantitative estimate of drug-likeness (QED) is 0.736. The van der Waals surface area contributed by atoms with Gasteiger partial charge in [0.2, 0.25) is 15.9 Å². The minimum atomic E-state index is -3.64. The van der Waals surface area contributed by atoms with Gasteiger partial charge in [-0.25, -0.2) is 8.42 Å². The molecule has 1 fully saturated rings. The molecule has 1 aromatic carbocycles. The first-order valence-electron chi connectivity index (χ1n) is 9.24. The Hall–Kier alpha value is -1.60. The minimum Gasteiger partial charge on any atom is -0.495 e. The molecule has 1 aliphatic heterocycles. The predicted octanol–water partition coefficient (Wildman–Crippen LogP) is 2.63. The normalized spacial score (nSPS) is 16.5. The zero-order chi connectivity index (χ0) is 19.3. The number of piperidine rings is 1. The first kappa shape index (κ1) is 20.7. The maximum absolute atomic E-state index is 13.1. The van der Waals surface area contributed by atoms with Crippen molar-refractivity contribution in [1.82, 2.24) is 9.62 Å². The lowest BCUT2D eigenvalue weighted by Crippen LogP contribution is -2.43. The van der Waals surface area contributed by atoms with Crippen LogP contribution in [0, 0.1) is 19.8 Å². The van der Waals surface area contributed by atoms with E-state index < -0.39 is 10.0 Å². The van der Waals surface area contributed by atoms with Gasteiger partial charge in [0, 0.05) is 25.6 Å². The summed E-state index contributed by atoms with van der Waals surface area (Å²) >= 11 is 0. The van der Waals surface area contributed by atoms with E-state index in [1.165, 1.54) is 11.4 Å². The minimum absolute atomic E-state index is 0.0410. The third-order valence-corrected chi connectivity index (χ3v) is 6.97. The van der Waals surface area contributed by atoms with Gasteiger partial charge >= 0.3 is 0 Å². The van der Waals surface area contributed by atoms with Crippen LogP contribution in [0.2, 0.25) is 0 Å². The Morgan fingerprint density at radius 1 is 1.23 bits per heavy atom. The molecule has 7 heteroatoms. The smallest absolute Gasteiger partial charge is 0.246 e. The largest absolute Gasteiger partial charge is 0.495 e. The van der Waals surface area contributed by atoms with E-state index in [4.69, 9.17) is 4.74 Å². The van der Waals surface area contributed by atoms with Crippen molar-refractivity contribution in [2.75, 3.05) is 26.7 Å². The highest BCUT2D eigenvalue weighted by Gasteiger charge is 2.33. The van der Waals surface area contributed by atoms with Crippen LogP contribution in [-0.2, 0) is 14.8 Å². The van der Waals surface area contributed by atoms with Gasteiger partial charge in [-0.3, -0.25) is 4.79 Å². The summed E-state index contributed by atoms with van der Waals surface area (Å²) in [7, 11) is -2.16. The summed E-state index contributed by atoms with van der Waals surface area (Å²) in [5.74, 6) is 0.298. The number of ether oxygens (including phenoxy) is 1. The molecule has 1 aliphatic rings. The van der Waals surface area contributed by atoms with Gasteiger partial charge in [-0.2, -0.15) is 4.31 Å². The molecular weight excluding hydrogens is 352 g/mol. The molecular formula is C19H30N2O4S. The number of hydrogen-bond donors (Lipinski definition) is 1. The number of hydrogen-bond acceptors (Lipinski definition) is 4. The first-order chi connectivity index (χ1) is 12.3. The highest BCUT2D eigenvalue weighted by Crippen LogP contribution is 2.32. The zero-order valence-electron chi connectivity index (χ0n) is 16.2. The second kappa shape index (κ2) is 8.86. The van der Waals surface area contributed by atoms with Gasteiger partial charge in [-0.15, -0.1) is 0 Å². The zero-order valence-corrected chi connectivity index (χ0v) is 17.0. The van der Waals surface area contributed by atoms with E-state index in [0.717, 1.165) is 24.0 Å². The summed E-state index contributed by atoms with van der Waals surface area (Å²) in [6.45, 7) is 7.29. The maximum atomic E-state index is 13.1. The summed E-state index contributed by atoms with van der Waals surface area (Å²) < 4.78 is 32.9. The summed E-state index contributed by atoms with van der Waals surface area (Å²) in [6, 6.07) is 3.43. The molecule has 1 aromatic rings. The third kappa shape index (κ3) is 4.57. The molecule has 0 aliphatic carbocycles. The van der Waals surface area contributed by atoms with Crippen LogP contribution in [0.25, 0.3) is 0 Å². The van der Waals surface area contributed by atoms with Gasteiger partial charge in [0.25, 0.3) is 0 Å². The van der Waals surface area contributed by atoms with E-state index in [2.05, 4.69) is 12.2 Å². The fourth-order valence-corrected chi connectivity index (χ4v) is 4.85. The highest BCUT2D eigenvalue weighted by atomic mass is 32.2. The Bertz CT molecular complexity index is 738. The molecule has 0 saturated carbocycles. The first-order valence-corrected chi connectivity index (χ1v) is 10.7. The molecule has 0 aromatic heterocycles.